The fourth-order valence-corrected chi connectivity index (χ4v) is 5.26. The molecule has 4 bridgehead atoms. The molecule has 3 heteroatoms. The van der Waals surface area contributed by atoms with Gasteiger partial charge >= 0.3 is 0 Å². The number of nitrogens with one attached hydrogen (secondary N) is 1. The summed E-state index contributed by atoms with van der Waals surface area (Å²) < 4.78 is 0. The third-order valence-electron chi connectivity index (χ3n) is 5.40. The number of aliphatic imine (C=N–C) groups is 1. The van der Waals surface area contributed by atoms with Crippen molar-refractivity contribution in [1.29, 1.82) is 0 Å². The molecule has 102 valence electrons. The summed E-state index contributed by atoms with van der Waals surface area (Å²) >= 11 is 0. The van der Waals surface area contributed by atoms with Crippen LogP contribution in [0.3, 0.4) is 0 Å². The summed E-state index contributed by atoms with van der Waals surface area (Å²) in [6, 6.07) is 0. The lowest BCUT2D eigenvalue weighted by molar-refractivity contribution is -0.0485. The highest BCUT2D eigenvalue weighted by Crippen LogP contribution is 2.61. The second-order valence-electron chi connectivity index (χ2n) is 7.07. The van der Waals surface area contributed by atoms with Gasteiger partial charge in [-0.3, -0.25) is 4.99 Å². The summed E-state index contributed by atoms with van der Waals surface area (Å²) in [6.45, 7) is 3.08. The molecule has 0 radical (unpaired) electrons. The van der Waals surface area contributed by atoms with Crippen LogP contribution in [0.25, 0.3) is 0 Å². The van der Waals surface area contributed by atoms with Crippen LogP contribution in [0.4, 0.5) is 0 Å². The Morgan fingerprint density at radius 3 is 2.17 bits per heavy atom. The summed E-state index contributed by atoms with van der Waals surface area (Å²) in [6.07, 6.45) is 11.0. The highest BCUT2D eigenvalue weighted by molar-refractivity contribution is 5.82. The van der Waals surface area contributed by atoms with Crippen molar-refractivity contribution in [3.05, 3.63) is 0 Å². The van der Waals surface area contributed by atoms with Gasteiger partial charge in [0.05, 0.1) is 0 Å². The number of amidine groups is 1. The molecule has 4 saturated carbocycles. The molecule has 0 heterocycles. The van der Waals surface area contributed by atoms with Gasteiger partial charge in [0.2, 0.25) is 0 Å². The van der Waals surface area contributed by atoms with E-state index in [1.165, 1.54) is 38.5 Å². The van der Waals surface area contributed by atoms with E-state index in [4.69, 9.17) is 5.84 Å². The first-order valence-corrected chi connectivity index (χ1v) is 7.73. The van der Waals surface area contributed by atoms with Gasteiger partial charge in [-0.15, -0.1) is 0 Å². The van der Waals surface area contributed by atoms with Crippen LogP contribution >= 0.6 is 0 Å². The van der Waals surface area contributed by atoms with Crippen molar-refractivity contribution in [2.75, 3.05) is 6.54 Å². The van der Waals surface area contributed by atoms with Gasteiger partial charge in [-0.25, -0.2) is 5.84 Å². The van der Waals surface area contributed by atoms with Crippen LogP contribution in [0.1, 0.15) is 58.3 Å². The second kappa shape index (κ2) is 4.84. The van der Waals surface area contributed by atoms with Crippen LogP contribution in [-0.2, 0) is 0 Å². The van der Waals surface area contributed by atoms with Crippen molar-refractivity contribution in [3.63, 3.8) is 0 Å². The number of nitrogens with two attached hydrogens (primary N) is 1. The fourth-order valence-electron chi connectivity index (χ4n) is 5.26. The van der Waals surface area contributed by atoms with E-state index in [0.717, 1.165) is 43.0 Å². The molecular weight excluding hydrogens is 222 g/mol. The second-order valence-corrected chi connectivity index (χ2v) is 7.07. The Kier molecular flexibility index (Phi) is 3.35. The van der Waals surface area contributed by atoms with Gasteiger partial charge in [-0.2, -0.15) is 0 Å². The first kappa shape index (κ1) is 12.5. The standard InChI is InChI=1S/C15H27N3/c1-2-3-17-14(18-16)10-15-7-11-4-12(8-15)6-13(5-11)9-15/h11-13H,2-10,16H2,1H3,(H,17,18). The number of hydrazine groups is 1. The Morgan fingerprint density at radius 2 is 1.72 bits per heavy atom. The van der Waals surface area contributed by atoms with Crippen LogP contribution in [0.2, 0.25) is 0 Å². The zero-order valence-corrected chi connectivity index (χ0v) is 11.6. The molecule has 0 amide bonds. The van der Waals surface area contributed by atoms with E-state index in [-0.39, 0.29) is 0 Å². The molecule has 0 spiro atoms. The summed E-state index contributed by atoms with van der Waals surface area (Å²) in [7, 11) is 0. The molecule has 18 heavy (non-hydrogen) atoms. The summed E-state index contributed by atoms with van der Waals surface area (Å²) in [5.41, 5.74) is 3.41. The van der Waals surface area contributed by atoms with E-state index in [2.05, 4.69) is 17.3 Å². The third kappa shape index (κ3) is 2.29. The largest absolute Gasteiger partial charge is 0.312 e. The normalized spacial score (nSPS) is 42.3. The van der Waals surface area contributed by atoms with Crippen LogP contribution in [0, 0.1) is 23.2 Å². The molecular formula is C15H27N3. The summed E-state index contributed by atoms with van der Waals surface area (Å²) in [4.78, 5) is 4.62. The Morgan fingerprint density at radius 1 is 1.17 bits per heavy atom. The minimum absolute atomic E-state index is 0.549. The first-order chi connectivity index (χ1) is 8.73. The number of hydrogen-bond acceptors (Lipinski definition) is 2. The smallest absolute Gasteiger partial charge is 0.111 e. The monoisotopic (exact) mass is 249 g/mol. The lowest BCUT2D eigenvalue weighted by Gasteiger charge is -2.57. The van der Waals surface area contributed by atoms with Crippen LogP contribution in [0.5, 0.6) is 0 Å². The highest BCUT2D eigenvalue weighted by atomic mass is 15.2. The van der Waals surface area contributed by atoms with Gasteiger partial charge in [0.1, 0.15) is 5.84 Å². The Labute approximate surface area is 111 Å². The lowest BCUT2D eigenvalue weighted by atomic mass is 9.49. The SMILES string of the molecule is CCCN=C(CC12CC3CC(CC(C3)C1)C2)NN. The minimum atomic E-state index is 0.549. The van der Waals surface area contributed by atoms with Crippen molar-refractivity contribution in [1.82, 2.24) is 5.43 Å². The zero-order valence-electron chi connectivity index (χ0n) is 11.6. The van der Waals surface area contributed by atoms with Crippen LogP contribution in [0.15, 0.2) is 4.99 Å². The molecule has 4 rings (SSSR count). The summed E-state index contributed by atoms with van der Waals surface area (Å²) in [5.74, 6) is 9.76. The van der Waals surface area contributed by atoms with Gasteiger partial charge < -0.3 is 5.43 Å². The average molecular weight is 249 g/mol. The van der Waals surface area contributed by atoms with Crippen molar-refractivity contribution in [2.45, 2.75) is 58.3 Å². The van der Waals surface area contributed by atoms with E-state index in [1.807, 2.05) is 0 Å². The Balaban J connectivity index is 1.71. The van der Waals surface area contributed by atoms with Gasteiger partial charge in [-0.1, -0.05) is 6.92 Å². The molecule has 0 aliphatic heterocycles. The topological polar surface area (TPSA) is 50.4 Å². The molecule has 0 unspecified atom stereocenters. The Hall–Kier alpha value is -0.570. The summed E-state index contributed by atoms with van der Waals surface area (Å²) in [5, 5.41) is 0. The minimum Gasteiger partial charge on any atom is -0.312 e. The van der Waals surface area contributed by atoms with Crippen molar-refractivity contribution >= 4 is 5.84 Å². The molecule has 4 aliphatic rings. The number of nitrogens with zero attached hydrogens (tertiary/aromatic N) is 1. The Bertz CT molecular complexity index is 299. The fraction of sp³-hybridized carbons (Fsp3) is 0.933. The predicted molar refractivity (Wildman–Crippen MR) is 75.1 cm³/mol. The quantitative estimate of drug-likeness (QED) is 0.348. The van der Waals surface area contributed by atoms with E-state index in [9.17, 15) is 0 Å². The molecule has 0 saturated heterocycles. The average Bonchev–Trinajstić information content (AvgIpc) is 2.32. The van der Waals surface area contributed by atoms with Gasteiger partial charge in [0.15, 0.2) is 0 Å². The number of hydrogen-bond donors (Lipinski definition) is 2. The third-order valence-corrected chi connectivity index (χ3v) is 5.40. The highest BCUT2D eigenvalue weighted by Gasteiger charge is 2.50. The first-order valence-electron chi connectivity index (χ1n) is 7.73. The number of rotatable bonds is 4. The molecule has 0 atom stereocenters. The predicted octanol–water partition coefficient (Wildman–Crippen LogP) is 2.86. The molecule has 4 fully saturated rings. The van der Waals surface area contributed by atoms with Crippen molar-refractivity contribution in [2.24, 2.45) is 34.0 Å². The van der Waals surface area contributed by atoms with E-state index < -0.39 is 0 Å². The molecule has 4 aliphatic carbocycles. The van der Waals surface area contributed by atoms with Gasteiger partial charge in [0, 0.05) is 13.0 Å². The molecule has 3 N–H and O–H groups in total. The van der Waals surface area contributed by atoms with E-state index in [0.29, 0.717) is 5.41 Å². The molecule has 0 aromatic carbocycles. The van der Waals surface area contributed by atoms with E-state index >= 15 is 0 Å². The van der Waals surface area contributed by atoms with Crippen LogP contribution in [-0.4, -0.2) is 12.4 Å². The van der Waals surface area contributed by atoms with Crippen molar-refractivity contribution in [3.8, 4) is 0 Å². The molecule has 3 nitrogen and oxygen atoms in total. The van der Waals surface area contributed by atoms with Crippen LogP contribution < -0.4 is 11.3 Å². The maximum Gasteiger partial charge on any atom is 0.111 e. The maximum atomic E-state index is 5.66. The van der Waals surface area contributed by atoms with Gasteiger partial charge in [-0.05, 0) is 68.1 Å². The molecule has 0 aromatic rings. The van der Waals surface area contributed by atoms with Gasteiger partial charge in [0.25, 0.3) is 0 Å². The van der Waals surface area contributed by atoms with E-state index in [1.54, 1.807) is 0 Å². The maximum absolute atomic E-state index is 5.66. The molecule has 0 aromatic heterocycles. The zero-order chi connectivity index (χ0) is 12.6. The lowest BCUT2D eigenvalue weighted by Crippen LogP contribution is -2.48. The van der Waals surface area contributed by atoms with Crippen molar-refractivity contribution < 1.29 is 0 Å².